The van der Waals surface area contributed by atoms with Crippen molar-refractivity contribution in [3.63, 3.8) is 0 Å². The molecule has 14 heavy (non-hydrogen) atoms. The molecule has 0 bridgehead atoms. The number of carboxylic acids is 1. The van der Waals surface area contributed by atoms with Crippen LogP contribution in [0.15, 0.2) is 24.3 Å². The summed E-state index contributed by atoms with van der Waals surface area (Å²) in [5, 5.41) is 8.85. The first-order valence-corrected chi connectivity index (χ1v) is 5.10. The molecule has 0 saturated heterocycles. The fourth-order valence-electron chi connectivity index (χ4n) is 2.18. The number of benzene rings is 1. The van der Waals surface area contributed by atoms with Crippen LogP contribution in [0.25, 0.3) is 0 Å². The molecule has 0 aromatic heterocycles. The maximum atomic E-state index is 10.8. The SMILES string of the molecule is O=C(O)c1cccc(C2CCCC2)c1. The molecule has 0 heterocycles. The smallest absolute Gasteiger partial charge is 0.335 e. The first-order valence-electron chi connectivity index (χ1n) is 5.10. The Morgan fingerprint density at radius 1 is 1.29 bits per heavy atom. The number of hydrogen-bond donors (Lipinski definition) is 1. The van der Waals surface area contributed by atoms with Crippen molar-refractivity contribution in [2.75, 3.05) is 0 Å². The van der Waals surface area contributed by atoms with Gasteiger partial charge in [0, 0.05) is 0 Å². The maximum absolute atomic E-state index is 10.8. The third kappa shape index (κ3) is 1.79. The van der Waals surface area contributed by atoms with Crippen LogP contribution in [0.4, 0.5) is 0 Å². The lowest BCUT2D eigenvalue weighted by Gasteiger charge is -2.09. The van der Waals surface area contributed by atoms with Crippen molar-refractivity contribution in [1.82, 2.24) is 0 Å². The third-order valence-electron chi connectivity index (χ3n) is 2.96. The number of carbonyl (C=O) groups is 1. The van der Waals surface area contributed by atoms with E-state index in [1.54, 1.807) is 6.07 Å². The first kappa shape index (κ1) is 9.25. The molecular weight excluding hydrogens is 176 g/mol. The van der Waals surface area contributed by atoms with Gasteiger partial charge in [-0.25, -0.2) is 4.79 Å². The molecule has 1 saturated carbocycles. The summed E-state index contributed by atoms with van der Waals surface area (Å²) in [5.41, 5.74) is 1.61. The van der Waals surface area contributed by atoms with Gasteiger partial charge < -0.3 is 5.11 Å². The molecule has 74 valence electrons. The molecule has 1 aromatic rings. The van der Waals surface area contributed by atoms with E-state index in [2.05, 4.69) is 0 Å². The minimum atomic E-state index is -0.829. The lowest BCUT2D eigenvalue weighted by Crippen LogP contribution is -1.99. The van der Waals surface area contributed by atoms with Crippen LogP contribution in [0.5, 0.6) is 0 Å². The normalized spacial score (nSPS) is 17.1. The van der Waals surface area contributed by atoms with Gasteiger partial charge in [-0.15, -0.1) is 0 Å². The molecule has 0 spiro atoms. The Bertz CT molecular complexity index is 338. The minimum absolute atomic E-state index is 0.411. The van der Waals surface area contributed by atoms with E-state index in [0.717, 1.165) is 0 Å². The molecule has 0 amide bonds. The van der Waals surface area contributed by atoms with Crippen LogP contribution in [-0.4, -0.2) is 11.1 Å². The topological polar surface area (TPSA) is 37.3 Å². The van der Waals surface area contributed by atoms with E-state index >= 15 is 0 Å². The van der Waals surface area contributed by atoms with Gasteiger partial charge in [-0.1, -0.05) is 25.0 Å². The van der Waals surface area contributed by atoms with E-state index < -0.39 is 5.97 Å². The Morgan fingerprint density at radius 2 is 2.00 bits per heavy atom. The quantitative estimate of drug-likeness (QED) is 0.778. The van der Waals surface area contributed by atoms with Crippen molar-refractivity contribution in [3.05, 3.63) is 35.4 Å². The zero-order valence-corrected chi connectivity index (χ0v) is 8.07. The molecule has 1 aliphatic carbocycles. The second kappa shape index (κ2) is 3.82. The van der Waals surface area contributed by atoms with Crippen molar-refractivity contribution in [2.45, 2.75) is 31.6 Å². The molecule has 0 radical (unpaired) electrons. The van der Waals surface area contributed by atoms with Gasteiger partial charge in [0.1, 0.15) is 0 Å². The fourth-order valence-corrected chi connectivity index (χ4v) is 2.18. The predicted octanol–water partition coefficient (Wildman–Crippen LogP) is 3.04. The number of hydrogen-bond acceptors (Lipinski definition) is 1. The summed E-state index contributed by atoms with van der Waals surface area (Å²) < 4.78 is 0. The highest BCUT2D eigenvalue weighted by atomic mass is 16.4. The molecule has 2 nitrogen and oxygen atoms in total. The van der Waals surface area contributed by atoms with E-state index in [1.807, 2.05) is 18.2 Å². The average molecular weight is 190 g/mol. The van der Waals surface area contributed by atoms with Crippen molar-refractivity contribution < 1.29 is 9.90 Å². The largest absolute Gasteiger partial charge is 0.478 e. The Labute approximate surface area is 83.6 Å². The zero-order valence-electron chi connectivity index (χ0n) is 8.07. The maximum Gasteiger partial charge on any atom is 0.335 e. The third-order valence-corrected chi connectivity index (χ3v) is 2.96. The Hall–Kier alpha value is -1.31. The summed E-state index contributed by atoms with van der Waals surface area (Å²) in [4.78, 5) is 10.8. The van der Waals surface area contributed by atoms with Gasteiger partial charge in [-0.3, -0.25) is 0 Å². The van der Waals surface area contributed by atoms with Crippen molar-refractivity contribution in [3.8, 4) is 0 Å². The molecule has 0 unspecified atom stereocenters. The Morgan fingerprint density at radius 3 is 2.64 bits per heavy atom. The fraction of sp³-hybridized carbons (Fsp3) is 0.417. The first-order chi connectivity index (χ1) is 6.77. The number of aromatic carboxylic acids is 1. The summed E-state index contributed by atoms with van der Waals surface area (Å²) >= 11 is 0. The molecular formula is C12H14O2. The van der Waals surface area contributed by atoms with Crippen LogP contribution in [0.2, 0.25) is 0 Å². The van der Waals surface area contributed by atoms with Gasteiger partial charge in [0.2, 0.25) is 0 Å². The van der Waals surface area contributed by atoms with Gasteiger partial charge >= 0.3 is 5.97 Å². The predicted molar refractivity (Wildman–Crippen MR) is 54.6 cm³/mol. The molecule has 1 aliphatic rings. The molecule has 0 aliphatic heterocycles. The highest BCUT2D eigenvalue weighted by Gasteiger charge is 2.17. The minimum Gasteiger partial charge on any atom is -0.478 e. The summed E-state index contributed by atoms with van der Waals surface area (Å²) in [6.07, 6.45) is 4.98. The lowest BCUT2D eigenvalue weighted by molar-refractivity contribution is 0.0696. The van der Waals surface area contributed by atoms with Crippen LogP contribution >= 0.6 is 0 Å². The Balaban J connectivity index is 2.25. The summed E-state index contributed by atoms with van der Waals surface area (Å²) in [6.45, 7) is 0. The number of rotatable bonds is 2. The summed E-state index contributed by atoms with van der Waals surface area (Å²) in [6, 6.07) is 7.36. The van der Waals surface area contributed by atoms with Gasteiger partial charge in [0.15, 0.2) is 0 Å². The standard InChI is InChI=1S/C12H14O2/c13-12(14)11-7-3-6-10(8-11)9-4-1-2-5-9/h3,6-9H,1-2,4-5H2,(H,13,14). The summed E-state index contributed by atoms with van der Waals surface area (Å²) in [7, 11) is 0. The van der Waals surface area contributed by atoms with E-state index in [0.29, 0.717) is 11.5 Å². The van der Waals surface area contributed by atoms with Crippen molar-refractivity contribution >= 4 is 5.97 Å². The monoisotopic (exact) mass is 190 g/mol. The van der Waals surface area contributed by atoms with E-state index in [9.17, 15) is 4.79 Å². The van der Waals surface area contributed by atoms with Crippen LogP contribution in [0, 0.1) is 0 Å². The van der Waals surface area contributed by atoms with Gasteiger partial charge in [-0.2, -0.15) is 0 Å². The zero-order chi connectivity index (χ0) is 9.97. The second-order valence-electron chi connectivity index (χ2n) is 3.91. The van der Waals surface area contributed by atoms with Gasteiger partial charge in [0.05, 0.1) is 5.56 Å². The van der Waals surface area contributed by atoms with Gasteiger partial charge in [-0.05, 0) is 36.5 Å². The van der Waals surface area contributed by atoms with Crippen molar-refractivity contribution in [2.24, 2.45) is 0 Å². The lowest BCUT2D eigenvalue weighted by atomic mass is 9.96. The van der Waals surface area contributed by atoms with Crippen LogP contribution in [0.1, 0.15) is 47.5 Å². The number of carboxylic acid groups (broad SMARTS) is 1. The molecule has 1 fully saturated rings. The Kier molecular flexibility index (Phi) is 2.53. The highest BCUT2D eigenvalue weighted by molar-refractivity contribution is 5.87. The van der Waals surface area contributed by atoms with Crippen LogP contribution in [0.3, 0.4) is 0 Å². The molecule has 2 rings (SSSR count). The molecule has 1 aromatic carbocycles. The van der Waals surface area contributed by atoms with Crippen molar-refractivity contribution in [1.29, 1.82) is 0 Å². The second-order valence-corrected chi connectivity index (χ2v) is 3.91. The molecule has 1 N–H and O–H groups in total. The summed E-state index contributed by atoms with van der Waals surface area (Å²) in [5.74, 6) is -0.237. The van der Waals surface area contributed by atoms with E-state index in [1.165, 1.54) is 31.2 Å². The van der Waals surface area contributed by atoms with E-state index in [4.69, 9.17) is 5.11 Å². The highest BCUT2D eigenvalue weighted by Crippen LogP contribution is 2.34. The molecule has 2 heteroatoms. The van der Waals surface area contributed by atoms with Crippen LogP contribution in [-0.2, 0) is 0 Å². The van der Waals surface area contributed by atoms with Gasteiger partial charge in [0.25, 0.3) is 0 Å². The molecule has 0 atom stereocenters. The van der Waals surface area contributed by atoms with E-state index in [-0.39, 0.29) is 0 Å². The van der Waals surface area contributed by atoms with Crippen LogP contribution < -0.4 is 0 Å². The average Bonchev–Trinajstić information content (AvgIpc) is 2.71.